The normalized spacial score (nSPS) is 10.8. The molecule has 5 nitrogen and oxygen atoms in total. The Bertz CT molecular complexity index is 1030. The zero-order valence-electron chi connectivity index (χ0n) is 16.0. The van der Waals surface area contributed by atoms with Crippen molar-refractivity contribution in [1.29, 1.82) is 0 Å². The maximum absolute atomic E-state index is 12.2. The summed E-state index contributed by atoms with van der Waals surface area (Å²) in [5.41, 5.74) is 4.26. The number of amides is 2. The molecular weight excluding hydrogens is 370 g/mol. The molecule has 0 bridgehead atoms. The second kappa shape index (κ2) is 8.63. The minimum Gasteiger partial charge on any atom is -0.322 e. The van der Waals surface area contributed by atoms with E-state index in [2.05, 4.69) is 10.3 Å². The summed E-state index contributed by atoms with van der Waals surface area (Å²) >= 11 is 1.35. The van der Waals surface area contributed by atoms with Crippen LogP contribution in [0.25, 0.3) is 6.08 Å². The summed E-state index contributed by atoms with van der Waals surface area (Å²) in [4.78, 5) is 30.4. The number of anilines is 3. The number of nitrogens with one attached hydrogen (secondary N) is 1. The molecular formula is C22H21N3O2S. The average Bonchev–Trinajstić information content (AvgIpc) is 3.12. The Labute approximate surface area is 168 Å². The molecule has 6 heteroatoms. The summed E-state index contributed by atoms with van der Waals surface area (Å²) in [6.45, 7) is 5.43. The van der Waals surface area contributed by atoms with E-state index < -0.39 is 0 Å². The van der Waals surface area contributed by atoms with E-state index in [1.807, 2.05) is 67.8 Å². The molecule has 3 rings (SSSR count). The molecule has 0 aliphatic rings. The first-order chi connectivity index (χ1) is 13.4. The molecule has 1 N–H and O–H groups in total. The van der Waals surface area contributed by atoms with Crippen LogP contribution in [-0.2, 0) is 9.59 Å². The van der Waals surface area contributed by atoms with Gasteiger partial charge in [0.05, 0.1) is 11.4 Å². The van der Waals surface area contributed by atoms with Crippen LogP contribution in [-0.4, -0.2) is 16.8 Å². The second-order valence-corrected chi connectivity index (χ2v) is 7.22. The summed E-state index contributed by atoms with van der Waals surface area (Å²) in [5, 5.41) is 5.26. The number of carbonyl (C=O) groups excluding carboxylic acids is 2. The fourth-order valence-electron chi connectivity index (χ4n) is 2.67. The third kappa shape index (κ3) is 4.72. The molecule has 0 saturated carbocycles. The van der Waals surface area contributed by atoms with Gasteiger partial charge in [-0.15, -0.1) is 11.3 Å². The van der Waals surface area contributed by atoms with Gasteiger partial charge in [-0.3, -0.25) is 14.5 Å². The highest BCUT2D eigenvalue weighted by Crippen LogP contribution is 2.29. The number of aromatic nitrogens is 1. The lowest BCUT2D eigenvalue weighted by molar-refractivity contribution is -0.116. The highest BCUT2D eigenvalue weighted by atomic mass is 32.1. The number of carbonyl (C=O) groups is 2. The van der Waals surface area contributed by atoms with E-state index in [9.17, 15) is 9.59 Å². The SMILES string of the molecule is CC(=O)N(c1ccccc1)c1nc(C=CC(=O)Nc2cc(C)ccc2C)cs1. The van der Waals surface area contributed by atoms with Crippen molar-refractivity contribution in [1.82, 2.24) is 4.98 Å². The van der Waals surface area contributed by atoms with Gasteiger partial charge in [-0.05, 0) is 49.2 Å². The number of nitrogens with zero attached hydrogens (tertiary/aromatic N) is 2. The first-order valence-electron chi connectivity index (χ1n) is 8.81. The van der Waals surface area contributed by atoms with Crippen molar-refractivity contribution >= 4 is 45.7 Å². The van der Waals surface area contributed by atoms with E-state index in [1.54, 1.807) is 11.0 Å². The number of benzene rings is 2. The van der Waals surface area contributed by atoms with E-state index in [0.29, 0.717) is 10.8 Å². The lowest BCUT2D eigenvalue weighted by Crippen LogP contribution is -2.22. The lowest BCUT2D eigenvalue weighted by atomic mass is 10.1. The highest BCUT2D eigenvalue weighted by Gasteiger charge is 2.17. The van der Waals surface area contributed by atoms with Gasteiger partial charge in [-0.1, -0.05) is 30.3 Å². The van der Waals surface area contributed by atoms with Crippen LogP contribution in [0.3, 0.4) is 0 Å². The van der Waals surface area contributed by atoms with Gasteiger partial charge >= 0.3 is 0 Å². The molecule has 0 saturated heterocycles. The van der Waals surface area contributed by atoms with Gasteiger partial charge < -0.3 is 5.32 Å². The van der Waals surface area contributed by atoms with Gasteiger partial charge in [0.25, 0.3) is 0 Å². The van der Waals surface area contributed by atoms with Gasteiger partial charge in [0.15, 0.2) is 5.13 Å². The fraction of sp³-hybridized carbons (Fsp3) is 0.136. The van der Waals surface area contributed by atoms with E-state index >= 15 is 0 Å². The van der Waals surface area contributed by atoms with Crippen LogP contribution in [0.2, 0.25) is 0 Å². The number of thiazole rings is 1. The van der Waals surface area contributed by atoms with Crippen molar-refractivity contribution in [3.8, 4) is 0 Å². The average molecular weight is 391 g/mol. The molecule has 142 valence electrons. The molecule has 1 aromatic heterocycles. The Kier molecular flexibility index (Phi) is 6.01. The second-order valence-electron chi connectivity index (χ2n) is 6.39. The van der Waals surface area contributed by atoms with Crippen LogP contribution in [0.4, 0.5) is 16.5 Å². The van der Waals surface area contributed by atoms with Crippen LogP contribution >= 0.6 is 11.3 Å². The monoisotopic (exact) mass is 391 g/mol. The Hall–Kier alpha value is -3.25. The Morgan fingerprint density at radius 3 is 2.57 bits per heavy atom. The fourth-order valence-corrected chi connectivity index (χ4v) is 3.52. The Morgan fingerprint density at radius 1 is 1.11 bits per heavy atom. The molecule has 0 atom stereocenters. The first-order valence-corrected chi connectivity index (χ1v) is 9.69. The molecule has 0 unspecified atom stereocenters. The van der Waals surface area contributed by atoms with Gasteiger partial charge in [0.1, 0.15) is 0 Å². The molecule has 28 heavy (non-hydrogen) atoms. The summed E-state index contributed by atoms with van der Waals surface area (Å²) in [5.74, 6) is -0.349. The highest BCUT2D eigenvalue weighted by molar-refractivity contribution is 7.14. The van der Waals surface area contributed by atoms with Crippen molar-refractivity contribution in [2.75, 3.05) is 10.2 Å². The quantitative estimate of drug-likeness (QED) is 0.616. The van der Waals surface area contributed by atoms with Crippen LogP contribution in [0.1, 0.15) is 23.7 Å². The minimum absolute atomic E-state index is 0.122. The number of rotatable bonds is 5. The van der Waals surface area contributed by atoms with Crippen molar-refractivity contribution in [2.45, 2.75) is 20.8 Å². The molecule has 0 fully saturated rings. The molecule has 0 spiro atoms. The van der Waals surface area contributed by atoms with E-state index in [4.69, 9.17) is 0 Å². The lowest BCUT2D eigenvalue weighted by Gasteiger charge is -2.17. The summed E-state index contributed by atoms with van der Waals surface area (Å²) in [7, 11) is 0. The van der Waals surface area contributed by atoms with Gasteiger partial charge in [0.2, 0.25) is 11.8 Å². The van der Waals surface area contributed by atoms with E-state index in [-0.39, 0.29) is 11.8 Å². The molecule has 3 aromatic rings. The van der Waals surface area contributed by atoms with Crippen LogP contribution in [0, 0.1) is 13.8 Å². The molecule has 0 aliphatic heterocycles. The predicted molar refractivity (Wildman–Crippen MR) is 115 cm³/mol. The van der Waals surface area contributed by atoms with Crippen molar-refractivity contribution in [3.63, 3.8) is 0 Å². The summed E-state index contributed by atoms with van der Waals surface area (Å²) in [6.07, 6.45) is 3.09. The summed E-state index contributed by atoms with van der Waals surface area (Å²) in [6, 6.07) is 15.3. The molecule has 0 aliphatic carbocycles. The zero-order chi connectivity index (χ0) is 20.1. The van der Waals surface area contributed by atoms with Gasteiger partial charge in [-0.2, -0.15) is 0 Å². The van der Waals surface area contributed by atoms with Crippen LogP contribution in [0.15, 0.2) is 60.0 Å². The van der Waals surface area contributed by atoms with Gasteiger partial charge in [0, 0.05) is 24.1 Å². The number of hydrogen-bond acceptors (Lipinski definition) is 4. The maximum atomic E-state index is 12.2. The van der Waals surface area contributed by atoms with Crippen LogP contribution < -0.4 is 10.2 Å². The standard InChI is InChI=1S/C22H21N3O2S/c1-15-9-10-16(2)20(13-15)24-21(27)12-11-18-14-28-22(23-18)25(17(3)26)19-7-5-4-6-8-19/h4-14H,1-3H3,(H,24,27). The van der Waals surface area contributed by atoms with Crippen molar-refractivity contribution in [2.24, 2.45) is 0 Å². The topological polar surface area (TPSA) is 62.3 Å². The number of aryl methyl sites for hydroxylation is 2. The van der Waals surface area contributed by atoms with E-state index in [1.165, 1.54) is 24.3 Å². The zero-order valence-corrected chi connectivity index (χ0v) is 16.8. The third-order valence-electron chi connectivity index (χ3n) is 4.09. The maximum Gasteiger partial charge on any atom is 0.248 e. The molecule has 2 aromatic carbocycles. The summed E-state index contributed by atoms with van der Waals surface area (Å²) < 4.78 is 0. The Balaban J connectivity index is 1.73. The number of hydrogen-bond donors (Lipinski definition) is 1. The van der Waals surface area contributed by atoms with E-state index in [0.717, 1.165) is 22.5 Å². The molecule has 0 radical (unpaired) electrons. The predicted octanol–water partition coefficient (Wildman–Crippen LogP) is 5.10. The van der Waals surface area contributed by atoms with Crippen molar-refractivity contribution in [3.05, 3.63) is 76.8 Å². The Morgan fingerprint density at radius 2 is 1.86 bits per heavy atom. The number of para-hydroxylation sites is 1. The molecule has 1 heterocycles. The van der Waals surface area contributed by atoms with Crippen LogP contribution in [0.5, 0.6) is 0 Å². The minimum atomic E-state index is -0.227. The van der Waals surface area contributed by atoms with Crippen molar-refractivity contribution < 1.29 is 9.59 Å². The first kappa shape index (κ1) is 19.5. The van der Waals surface area contributed by atoms with Gasteiger partial charge in [-0.25, -0.2) is 4.98 Å². The third-order valence-corrected chi connectivity index (χ3v) is 4.93. The smallest absolute Gasteiger partial charge is 0.248 e. The largest absolute Gasteiger partial charge is 0.322 e. The molecule has 2 amide bonds.